The van der Waals surface area contributed by atoms with Crippen LogP contribution in [0.1, 0.15) is 39.5 Å². The highest BCUT2D eigenvalue weighted by molar-refractivity contribution is 5.23. The monoisotopic (exact) mass is 302 g/mol. The number of rotatable bonds is 8. The minimum absolute atomic E-state index is 0.220. The average molecular weight is 302 g/mol. The van der Waals surface area contributed by atoms with Crippen molar-refractivity contribution in [2.45, 2.75) is 62.8 Å². The molecular weight excluding hydrogens is 284 g/mol. The summed E-state index contributed by atoms with van der Waals surface area (Å²) in [6, 6.07) is 3.70. The van der Waals surface area contributed by atoms with Gasteiger partial charge in [-0.2, -0.15) is 31.3 Å². The SMILES string of the molecule is CCCC(N=NC(CCC)C(O)(C#N)C#N)C(O)(C#N)C#N. The van der Waals surface area contributed by atoms with Gasteiger partial charge in [0.2, 0.25) is 0 Å². The van der Waals surface area contributed by atoms with E-state index in [1.54, 1.807) is 13.8 Å². The molecule has 116 valence electrons. The molecule has 0 bridgehead atoms. The predicted octanol–water partition coefficient (Wildman–Crippen LogP) is 1.33. The molecule has 0 aliphatic heterocycles. The molecule has 0 saturated heterocycles. The average Bonchev–Trinajstić information content (AvgIpc) is 2.55. The van der Waals surface area contributed by atoms with E-state index in [9.17, 15) is 10.2 Å². The predicted molar refractivity (Wildman–Crippen MR) is 74.6 cm³/mol. The molecule has 0 amide bonds. The van der Waals surface area contributed by atoms with Crippen molar-refractivity contribution in [3.05, 3.63) is 0 Å². The normalized spacial score (nSPS) is 14.4. The van der Waals surface area contributed by atoms with E-state index in [2.05, 4.69) is 10.2 Å². The van der Waals surface area contributed by atoms with E-state index in [1.165, 1.54) is 24.3 Å². The molecule has 0 aromatic carbocycles. The summed E-state index contributed by atoms with van der Waals surface area (Å²) in [5, 5.41) is 63.1. The van der Waals surface area contributed by atoms with Crippen LogP contribution in [-0.4, -0.2) is 33.5 Å². The Kier molecular flexibility index (Phi) is 7.70. The van der Waals surface area contributed by atoms with E-state index in [4.69, 9.17) is 21.0 Å². The number of nitrogens with zero attached hydrogens (tertiary/aromatic N) is 6. The maximum absolute atomic E-state index is 9.91. The smallest absolute Gasteiger partial charge is 0.263 e. The Hall–Kier alpha value is -2.52. The fraction of sp³-hybridized carbons (Fsp3) is 0.714. The lowest BCUT2D eigenvalue weighted by Gasteiger charge is -2.22. The van der Waals surface area contributed by atoms with Crippen molar-refractivity contribution in [3.8, 4) is 24.3 Å². The molecule has 0 rings (SSSR count). The molecule has 0 radical (unpaired) electrons. The lowest BCUT2D eigenvalue weighted by molar-refractivity contribution is 0.106. The Bertz CT molecular complexity index is 482. The van der Waals surface area contributed by atoms with Gasteiger partial charge in [0.05, 0.1) is 0 Å². The summed E-state index contributed by atoms with van der Waals surface area (Å²) in [6.45, 7) is 3.56. The zero-order valence-corrected chi connectivity index (χ0v) is 12.6. The molecule has 0 spiro atoms. The zero-order valence-electron chi connectivity index (χ0n) is 12.6. The van der Waals surface area contributed by atoms with E-state index in [-0.39, 0.29) is 12.8 Å². The highest BCUT2D eigenvalue weighted by Crippen LogP contribution is 2.22. The lowest BCUT2D eigenvalue weighted by atomic mass is 9.93. The van der Waals surface area contributed by atoms with E-state index in [0.29, 0.717) is 12.8 Å². The number of nitriles is 4. The van der Waals surface area contributed by atoms with Crippen LogP contribution in [0.3, 0.4) is 0 Å². The third-order valence-corrected chi connectivity index (χ3v) is 3.12. The van der Waals surface area contributed by atoms with Crippen LogP contribution < -0.4 is 0 Å². The van der Waals surface area contributed by atoms with E-state index in [0.717, 1.165) is 0 Å². The van der Waals surface area contributed by atoms with Gasteiger partial charge in [-0.25, -0.2) is 0 Å². The first-order valence-electron chi connectivity index (χ1n) is 6.87. The van der Waals surface area contributed by atoms with Gasteiger partial charge in [-0.15, -0.1) is 0 Å². The Morgan fingerprint density at radius 3 is 1.23 bits per heavy atom. The highest BCUT2D eigenvalue weighted by Gasteiger charge is 2.40. The van der Waals surface area contributed by atoms with Gasteiger partial charge in [0.25, 0.3) is 11.2 Å². The standard InChI is InChI=1S/C14H18N6O2/c1-3-5-11(13(21,7-15)8-16)19-20-12(6-4-2)14(22,9-17)10-18/h11-12,21-22H,3-6H2,1-2H3. The van der Waals surface area contributed by atoms with Crippen molar-refractivity contribution in [1.29, 1.82) is 21.0 Å². The Balaban J connectivity index is 5.55. The van der Waals surface area contributed by atoms with Crippen LogP contribution >= 0.6 is 0 Å². The molecule has 0 fully saturated rings. The third-order valence-electron chi connectivity index (χ3n) is 3.12. The molecule has 0 aliphatic rings. The molecule has 0 heterocycles. The summed E-state index contributed by atoms with van der Waals surface area (Å²) < 4.78 is 0. The van der Waals surface area contributed by atoms with Crippen LogP contribution in [0.5, 0.6) is 0 Å². The molecule has 2 N–H and O–H groups in total. The van der Waals surface area contributed by atoms with Gasteiger partial charge in [0.15, 0.2) is 0 Å². The molecular formula is C14H18N6O2. The van der Waals surface area contributed by atoms with Gasteiger partial charge >= 0.3 is 0 Å². The molecule has 0 saturated carbocycles. The number of hydrogen-bond donors (Lipinski definition) is 2. The number of azo groups is 1. The maximum atomic E-state index is 9.91. The van der Waals surface area contributed by atoms with Crippen molar-refractivity contribution >= 4 is 0 Å². The summed E-state index contributed by atoms with van der Waals surface area (Å²) in [5.74, 6) is 0. The number of aliphatic hydroxyl groups is 2. The second-order valence-corrected chi connectivity index (χ2v) is 4.82. The highest BCUT2D eigenvalue weighted by atomic mass is 16.3. The van der Waals surface area contributed by atoms with Gasteiger partial charge in [0, 0.05) is 0 Å². The van der Waals surface area contributed by atoms with Crippen LogP contribution in [0.2, 0.25) is 0 Å². The summed E-state index contributed by atoms with van der Waals surface area (Å²) in [4.78, 5) is 0. The first-order valence-corrected chi connectivity index (χ1v) is 6.87. The van der Waals surface area contributed by atoms with Crippen LogP contribution in [-0.2, 0) is 0 Å². The summed E-state index contributed by atoms with van der Waals surface area (Å²) in [7, 11) is 0. The minimum Gasteiger partial charge on any atom is -0.362 e. The van der Waals surface area contributed by atoms with Gasteiger partial charge in [-0.3, -0.25) is 0 Å². The van der Waals surface area contributed by atoms with Gasteiger partial charge < -0.3 is 10.2 Å². The third kappa shape index (κ3) is 4.50. The lowest BCUT2D eigenvalue weighted by Crippen LogP contribution is -2.40. The summed E-state index contributed by atoms with van der Waals surface area (Å²) >= 11 is 0. The topological polar surface area (TPSA) is 160 Å². The van der Waals surface area contributed by atoms with Crippen molar-refractivity contribution in [1.82, 2.24) is 0 Å². The van der Waals surface area contributed by atoms with Crippen LogP contribution in [0.25, 0.3) is 0 Å². The largest absolute Gasteiger partial charge is 0.362 e. The molecule has 0 aromatic rings. The van der Waals surface area contributed by atoms with Crippen molar-refractivity contribution in [2.75, 3.05) is 0 Å². The van der Waals surface area contributed by atoms with Crippen LogP contribution in [0.4, 0.5) is 0 Å². The molecule has 2 atom stereocenters. The van der Waals surface area contributed by atoms with Crippen LogP contribution in [0, 0.1) is 45.3 Å². The molecule has 0 aromatic heterocycles. The second kappa shape index (κ2) is 8.70. The Morgan fingerprint density at radius 1 is 0.773 bits per heavy atom. The van der Waals surface area contributed by atoms with Gasteiger partial charge in [0.1, 0.15) is 36.4 Å². The van der Waals surface area contributed by atoms with Gasteiger partial charge in [-0.1, -0.05) is 26.7 Å². The molecule has 8 nitrogen and oxygen atoms in total. The van der Waals surface area contributed by atoms with Crippen molar-refractivity contribution < 1.29 is 10.2 Å². The summed E-state index contributed by atoms with van der Waals surface area (Å²) in [6.07, 6.45) is 1.51. The van der Waals surface area contributed by atoms with Crippen molar-refractivity contribution in [2.24, 2.45) is 10.2 Å². The second-order valence-electron chi connectivity index (χ2n) is 4.82. The fourth-order valence-electron chi connectivity index (χ4n) is 1.76. The van der Waals surface area contributed by atoms with Gasteiger partial charge in [-0.05, 0) is 12.8 Å². The first-order chi connectivity index (χ1) is 10.4. The van der Waals surface area contributed by atoms with Crippen LogP contribution in [0.15, 0.2) is 10.2 Å². The number of hydrogen-bond acceptors (Lipinski definition) is 8. The van der Waals surface area contributed by atoms with E-state index in [1.807, 2.05) is 0 Å². The van der Waals surface area contributed by atoms with E-state index >= 15 is 0 Å². The first kappa shape index (κ1) is 19.5. The molecule has 2 unspecified atom stereocenters. The Morgan fingerprint density at radius 2 is 1.05 bits per heavy atom. The maximum Gasteiger partial charge on any atom is 0.263 e. The Labute approximate surface area is 129 Å². The zero-order chi connectivity index (χ0) is 17.2. The summed E-state index contributed by atoms with van der Waals surface area (Å²) in [5.41, 5.74) is -4.68. The fourth-order valence-corrected chi connectivity index (χ4v) is 1.76. The molecule has 8 heteroatoms. The van der Waals surface area contributed by atoms with E-state index < -0.39 is 23.3 Å². The molecule has 0 aliphatic carbocycles. The molecule has 22 heavy (non-hydrogen) atoms. The quantitative estimate of drug-likeness (QED) is 0.507. The van der Waals surface area contributed by atoms with Crippen molar-refractivity contribution in [3.63, 3.8) is 0 Å². The minimum atomic E-state index is -2.34.